The van der Waals surface area contributed by atoms with E-state index in [9.17, 15) is 4.79 Å². The van der Waals surface area contributed by atoms with Gasteiger partial charge in [-0.05, 0) is 42.7 Å². The molecule has 0 aliphatic rings. The lowest BCUT2D eigenvalue weighted by atomic mass is 10.0. The third-order valence-corrected chi connectivity index (χ3v) is 4.02. The van der Waals surface area contributed by atoms with Crippen LogP contribution < -0.4 is 10.4 Å². The van der Waals surface area contributed by atoms with Gasteiger partial charge in [0.2, 0.25) is 0 Å². The average molecular weight is 320 g/mol. The van der Waals surface area contributed by atoms with Crippen molar-refractivity contribution in [3.8, 4) is 5.75 Å². The van der Waals surface area contributed by atoms with Crippen LogP contribution in [0.5, 0.6) is 5.75 Å². The number of benzene rings is 2. The third-order valence-electron chi connectivity index (χ3n) is 4.02. The largest absolute Gasteiger partial charge is 0.489 e. The standard InChI is InChI=1S/C21H20O3/c1-3-17-14-20(22)24-21-15(2)19(12-11-18(17)21)23-13-7-10-16-8-5-4-6-9-16/h4-12,14H,3,13H2,1-2H3/b10-7+. The van der Waals surface area contributed by atoms with E-state index in [1.165, 1.54) is 0 Å². The summed E-state index contributed by atoms with van der Waals surface area (Å²) in [5.74, 6) is 0.733. The molecule has 3 nitrogen and oxygen atoms in total. The van der Waals surface area contributed by atoms with Gasteiger partial charge in [-0.1, -0.05) is 43.3 Å². The molecule has 0 unspecified atom stereocenters. The second-order valence-corrected chi connectivity index (χ2v) is 5.63. The molecule has 0 fully saturated rings. The number of rotatable bonds is 5. The summed E-state index contributed by atoms with van der Waals surface area (Å²) in [6.45, 7) is 4.40. The van der Waals surface area contributed by atoms with Crippen molar-refractivity contribution in [3.63, 3.8) is 0 Å². The summed E-state index contributed by atoms with van der Waals surface area (Å²) in [4.78, 5) is 11.7. The van der Waals surface area contributed by atoms with Gasteiger partial charge in [0, 0.05) is 17.0 Å². The van der Waals surface area contributed by atoms with Crippen molar-refractivity contribution in [1.82, 2.24) is 0 Å². The van der Waals surface area contributed by atoms with Gasteiger partial charge < -0.3 is 9.15 Å². The molecule has 24 heavy (non-hydrogen) atoms. The molecule has 0 radical (unpaired) electrons. The summed E-state index contributed by atoms with van der Waals surface area (Å²) >= 11 is 0. The minimum atomic E-state index is -0.316. The molecule has 0 atom stereocenters. The zero-order valence-electron chi connectivity index (χ0n) is 13.9. The monoisotopic (exact) mass is 320 g/mol. The zero-order chi connectivity index (χ0) is 16.9. The number of hydrogen-bond donors (Lipinski definition) is 0. The molecule has 0 aliphatic heterocycles. The summed E-state index contributed by atoms with van der Waals surface area (Å²) in [5.41, 5.74) is 3.29. The lowest BCUT2D eigenvalue weighted by molar-refractivity contribution is 0.360. The molecule has 0 aliphatic carbocycles. The lowest BCUT2D eigenvalue weighted by Crippen LogP contribution is -2.02. The van der Waals surface area contributed by atoms with E-state index in [0.717, 1.165) is 34.2 Å². The van der Waals surface area contributed by atoms with Crippen LogP contribution in [0.2, 0.25) is 0 Å². The quantitative estimate of drug-likeness (QED) is 0.637. The maximum Gasteiger partial charge on any atom is 0.336 e. The number of fused-ring (bicyclic) bond motifs is 1. The van der Waals surface area contributed by atoms with Gasteiger partial charge in [-0.2, -0.15) is 0 Å². The fraction of sp³-hybridized carbons (Fsp3) is 0.190. The lowest BCUT2D eigenvalue weighted by Gasteiger charge is -2.10. The van der Waals surface area contributed by atoms with Gasteiger partial charge in [0.1, 0.15) is 17.9 Å². The van der Waals surface area contributed by atoms with Crippen molar-refractivity contribution in [1.29, 1.82) is 0 Å². The first-order chi connectivity index (χ1) is 11.7. The molecular formula is C21H20O3. The zero-order valence-corrected chi connectivity index (χ0v) is 13.9. The van der Waals surface area contributed by atoms with Gasteiger partial charge in [-0.3, -0.25) is 0 Å². The Hall–Kier alpha value is -2.81. The van der Waals surface area contributed by atoms with E-state index in [0.29, 0.717) is 12.2 Å². The molecule has 3 rings (SSSR count). The maximum atomic E-state index is 11.7. The maximum absolute atomic E-state index is 11.7. The fourth-order valence-corrected chi connectivity index (χ4v) is 2.74. The highest BCUT2D eigenvalue weighted by Gasteiger charge is 2.10. The van der Waals surface area contributed by atoms with Crippen molar-refractivity contribution in [3.05, 3.63) is 81.7 Å². The van der Waals surface area contributed by atoms with E-state index >= 15 is 0 Å². The minimum Gasteiger partial charge on any atom is -0.489 e. The summed E-state index contributed by atoms with van der Waals surface area (Å²) < 4.78 is 11.2. The molecule has 0 bridgehead atoms. The van der Waals surface area contributed by atoms with Crippen LogP contribution in [-0.4, -0.2) is 6.61 Å². The Balaban J connectivity index is 1.82. The minimum absolute atomic E-state index is 0.316. The van der Waals surface area contributed by atoms with E-state index in [1.54, 1.807) is 6.07 Å². The Kier molecular flexibility index (Phi) is 4.80. The molecule has 0 saturated heterocycles. The smallest absolute Gasteiger partial charge is 0.336 e. The molecule has 1 heterocycles. The molecular weight excluding hydrogens is 300 g/mol. The predicted octanol–water partition coefficient (Wildman–Crippen LogP) is 4.76. The fourth-order valence-electron chi connectivity index (χ4n) is 2.74. The Labute approximate surface area is 141 Å². The van der Waals surface area contributed by atoms with Gasteiger partial charge in [-0.15, -0.1) is 0 Å². The first-order valence-corrected chi connectivity index (χ1v) is 8.09. The van der Waals surface area contributed by atoms with Crippen LogP contribution >= 0.6 is 0 Å². The van der Waals surface area contributed by atoms with Crippen LogP contribution in [0.15, 0.2) is 63.8 Å². The molecule has 122 valence electrons. The Morgan fingerprint density at radius 2 is 1.92 bits per heavy atom. The summed E-state index contributed by atoms with van der Waals surface area (Å²) in [6.07, 6.45) is 4.78. The highest BCUT2D eigenvalue weighted by atomic mass is 16.5. The van der Waals surface area contributed by atoms with Crippen LogP contribution in [0, 0.1) is 6.92 Å². The van der Waals surface area contributed by atoms with Gasteiger partial charge in [0.25, 0.3) is 0 Å². The Morgan fingerprint density at radius 1 is 1.12 bits per heavy atom. The van der Waals surface area contributed by atoms with E-state index in [2.05, 4.69) is 0 Å². The van der Waals surface area contributed by atoms with E-state index in [4.69, 9.17) is 9.15 Å². The van der Waals surface area contributed by atoms with Gasteiger partial charge in [-0.25, -0.2) is 4.79 Å². The number of hydrogen-bond acceptors (Lipinski definition) is 3. The molecule has 3 aromatic rings. The molecule has 0 amide bonds. The van der Waals surface area contributed by atoms with Crippen molar-refractivity contribution >= 4 is 17.0 Å². The van der Waals surface area contributed by atoms with Crippen molar-refractivity contribution in [2.24, 2.45) is 0 Å². The van der Waals surface area contributed by atoms with E-state index in [-0.39, 0.29) is 5.63 Å². The Morgan fingerprint density at radius 3 is 2.67 bits per heavy atom. The number of ether oxygens (including phenoxy) is 1. The summed E-state index contributed by atoms with van der Waals surface area (Å²) in [5, 5.41) is 0.974. The van der Waals surface area contributed by atoms with E-state index in [1.807, 2.05) is 68.5 Å². The second-order valence-electron chi connectivity index (χ2n) is 5.63. The summed E-state index contributed by atoms with van der Waals surface area (Å²) in [6, 6.07) is 15.5. The highest BCUT2D eigenvalue weighted by Crippen LogP contribution is 2.28. The topological polar surface area (TPSA) is 39.4 Å². The number of aryl methyl sites for hydroxylation is 2. The molecule has 3 heteroatoms. The van der Waals surface area contributed by atoms with Crippen LogP contribution in [0.25, 0.3) is 17.0 Å². The van der Waals surface area contributed by atoms with Crippen LogP contribution in [0.3, 0.4) is 0 Å². The molecule has 2 aromatic carbocycles. The average Bonchev–Trinajstić information content (AvgIpc) is 2.61. The molecule has 0 saturated carbocycles. The van der Waals surface area contributed by atoms with Crippen LogP contribution in [0.4, 0.5) is 0 Å². The predicted molar refractivity (Wildman–Crippen MR) is 97.6 cm³/mol. The van der Waals surface area contributed by atoms with Crippen molar-refractivity contribution in [2.75, 3.05) is 6.61 Å². The molecule has 0 spiro atoms. The van der Waals surface area contributed by atoms with Crippen molar-refractivity contribution in [2.45, 2.75) is 20.3 Å². The molecule has 0 N–H and O–H groups in total. The van der Waals surface area contributed by atoms with E-state index < -0.39 is 0 Å². The SMILES string of the molecule is CCc1cc(=O)oc2c(C)c(OC/C=C/c3ccccc3)ccc12. The van der Waals surface area contributed by atoms with Gasteiger partial charge in [0.15, 0.2) is 0 Å². The van der Waals surface area contributed by atoms with Crippen molar-refractivity contribution < 1.29 is 9.15 Å². The normalized spacial score (nSPS) is 11.2. The Bertz CT molecular complexity index is 921. The first kappa shape index (κ1) is 16.1. The third kappa shape index (κ3) is 3.40. The highest BCUT2D eigenvalue weighted by molar-refractivity contribution is 5.84. The second kappa shape index (κ2) is 7.18. The van der Waals surface area contributed by atoms with Crippen LogP contribution in [-0.2, 0) is 6.42 Å². The molecule has 1 aromatic heterocycles. The van der Waals surface area contributed by atoms with Gasteiger partial charge in [0.05, 0.1) is 0 Å². The summed E-state index contributed by atoms with van der Waals surface area (Å²) in [7, 11) is 0. The van der Waals surface area contributed by atoms with Gasteiger partial charge >= 0.3 is 5.63 Å². The van der Waals surface area contributed by atoms with Crippen LogP contribution in [0.1, 0.15) is 23.6 Å². The first-order valence-electron chi connectivity index (χ1n) is 8.09.